The summed E-state index contributed by atoms with van der Waals surface area (Å²) in [5.41, 5.74) is 1.02. The van der Waals surface area contributed by atoms with Crippen molar-refractivity contribution in [2.24, 2.45) is 0 Å². The predicted octanol–water partition coefficient (Wildman–Crippen LogP) is 2.84. The maximum absolute atomic E-state index is 12.9. The fourth-order valence-electron chi connectivity index (χ4n) is 2.77. The van der Waals surface area contributed by atoms with Crippen LogP contribution in [0.5, 0.6) is 11.5 Å². The highest BCUT2D eigenvalue weighted by Crippen LogP contribution is 2.39. The van der Waals surface area contributed by atoms with E-state index in [9.17, 15) is 8.42 Å². The molecule has 0 radical (unpaired) electrons. The maximum atomic E-state index is 12.9. The van der Waals surface area contributed by atoms with E-state index in [1.807, 2.05) is 30.3 Å². The highest BCUT2D eigenvalue weighted by molar-refractivity contribution is 7.89. The largest absolute Gasteiger partial charge is 0.493 e. The van der Waals surface area contributed by atoms with Gasteiger partial charge >= 0.3 is 0 Å². The average molecular weight is 333 g/mol. The van der Waals surface area contributed by atoms with Crippen molar-refractivity contribution >= 4 is 10.0 Å². The van der Waals surface area contributed by atoms with Crippen molar-refractivity contribution in [1.82, 2.24) is 4.31 Å². The molecule has 0 saturated carbocycles. The van der Waals surface area contributed by atoms with Gasteiger partial charge in [0.2, 0.25) is 10.0 Å². The Hall–Kier alpha value is -2.05. The summed E-state index contributed by atoms with van der Waals surface area (Å²) in [4.78, 5) is 0.218. The minimum absolute atomic E-state index is 0.103. The number of hydrogen-bond acceptors (Lipinski definition) is 4. The highest BCUT2D eigenvalue weighted by atomic mass is 32.2. The molecule has 1 heterocycles. The predicted molar refractivity (Wildman–Crippen MR) is 87.2 cm³/mol. The van der Waals surface area contributed by atoms with E-state index in [2.05, 4.69) is 0 Å². The summed E-state index contributed by atoms with van der Waals surface area (Å²) in [7, 11) is -0.548. The molecule has 1 saturated heterocycles. The smallest absolute Gasteiger partial charge is 0.243 e. The molecule has 3 rings (SSSR count). The van der Waals surface area contributed by atoms with Crippen molar-refractivity contribution in [3.63, 3.8) is 0 Å². The van der Waals surface area contributed by atoms with Crippen LogP contribution in [-0.4, -0.2) is 33.5 Å². The first kappa shape index (κ1) is 15.8. The van der Waals surface area contributed by atoms with Crippen molar-refractivity contribution in [3.05, 3.63) is 54.1 Å². The van der Waals surface area contributed by atoms with Gasteiger partial charge in [0.25, 0.3) is 0 Å². The van der Waals surface area contributed by atoms with Crippen molar-refractivity contribution in [1.29, 1.82) is 0 Å². The summed E-state index contributed by atoms with van der Waals surface area (Å²) >= 11 is 0. The monoisotopic (exact) mass is 333 g/mol. The van der Waals surface area contributed by atoms with Crippen LogP contribution in [0.15, 0.2) is 53.4 Å². The summed E-state index contributed by atoms with van der Waals surface area (Å²) in [5, 5.41) is 0. The zero-order chi connectivity index (χ0) is 16.4. The van der Waals surface area contributed by atoms with Gasteiger partial charge < -0.3 is 9.47 Å². The lowest BCUT2D eigenvalue weighted by atomic mass is 9.98. The van der Waals surface area contributed by atoms with E-state index < -0.39 is 10.0 Å². The van der Waals surface area contributed by atoms with Gasteiger partial charge in [-0.15, -0.1) is 0 Å². The highest BCUT2D eigenvalue weighted by Gasteiger charge is 2.39. The third kappa shape index (κ3) is 2.80. The zero-order valence-corrected chi connectivity index (χ0v) is 13.9. The molecule has 1 aliphatic heterocycles. The molecular weight excluding hydrogens is 314 g/mol. The van der Waals surface area contributed by atoms with Gasteiger partial charge in [0, 0.05) is 12.6 Å². The van der Waals surface area contributed by atoms with E-state index in [1.54, 1.807) is 12.1 Å². The Morgan fingerprint density at radius 2 is 1.70 bits per heavy atom. The van der Waals surface area contributed by atoms with Crippen LogP contribution in [0.1, 0.15) is 18.0 Å². The molecule has 6 heteroatoms. The van der Waals surface area contributed by atoms with E-state index in [0.717, 1.165) is 12.0 Å². The van der Waals surface area contributed by atoms with Crippen LogP contribution in [0, 0.1) is 0 Å². The molecule has 122 valence electrons. The second kappa shape index (κ2) is 6.22. The van der Waals surface area contributed by atoms with Gasteiger partial charge in [-0.05, 0) is 24.1 Å². The Kier molecular flexibility index (Phi) is 4.28. The molecule has 0 unspecified atom stereocenters. The van der Waals surface area contributed by atoms with Crippen molar-refractivity contribution in [3.8, 4) is 11.5 Å². The van der Waals surface area contributed by atoms with E-state index >= 15 is 0 Å². The number of methoxy groups -OCH3 is 2. The zero-order valence-electron chi connectivity index (χ0n) is 13.1. The number of rotatable bonds is 5. The standard InChI is InChI=1S/C17H19NO4S/c1-21-16-9-8-14(12-17(16)22-2)23(19,20)18-11-10-15(18)13-6-4-3-5-7-13/h3-9,12,15H,10-11H2,1-2H3/t15-/m1/s1. The van der Waals surface area contributed by atoms with Crippen LogP contribution in [0.25, 0.3) is 0 Å². The number of benzene rings is 2. The van der Waals surface area contributed by atoms with Gasteiger partial charge in [-0.2, -0.15) is 4.31 Å². The van der Waals surface area contributed by atoms with Crippen molar-refractivity contribution in [2.45, 2.75) is 17.4 Å². The molecule has 0 bridgehead atoms. The first-order valence-corrected chi connectivity index (χ1v) is 8.80. The van der Waals surface area contributed by atoms with Gasteiger partial charge in [-0.3, -0.25) is 0 Å². The molecule has 0 amide bonds. The molecule has 0 aromatic heterocycles. The topological polar surface area (TPSA) is 55.8 Å². The van der Waals surface area contributed by atoms with E-state index in [0.29, 0.717) is 18.0 Å². The summed E-state index contributed by atoms with van der Waals surface area (Å²) in [6.07, 6.45) is 0.830. The van der Waals surface area contributed by atoms with Crippen LogP contribution >= 0.6 is 0 Å². The molecule has 2 aromatic rings. The Balaban J connectivity index is 1.93. The van der Waals surface area contributed by atoms with Crippen LogP contribution in [0.2, 0.25) is 0 Å². The van der Waals surface area contributed by atoms with Crippen molar-refractivity contribution in [2.75, 3.05) is 20.8 Å². The minimum atomic E-state index is -3.56. The molecule has 1 fully saturated rings. The quantitative estimate of drug-likeness (QED) is 0.844. The van der Waals surface area contributed by atoms with Crippen LogP contribution in [-0.2, 0) is 10.0 Å². The van der Waals surface area contributed by atoms with Crippen LogP contribution in [0.4, 0.5) is 0 Å². The molecule has 0 aliphatic carbocycles. The third-order valence-corrected chi connectivity index (χ3v) is 6.02. The fraction of sp³-hybridized carbons (Fsp3) is 0.294. The van der Waals surface area contributed by atoms with Gasteiger partial charge in [-0.1, -0.05) is 30.3 Å². The number of nitrogens with zero attached hydrogens (tertiary/aromatic N) is 1. The molecule has 0 N–H and O–H groups in total. The second-order valence-corrected chi connectivity index (χ2v) is 7.24. The second-order valence-electron chi connectivity index (χ2n) is 5.35. The molecule has 0 spiro atoms. The number of sulfonamides is 1. The summed E-state index contributed by atoms with van der Waals surface area (Å²) in [5.74, 6) is 0.917. The first-order valence-electron chi connectivity index (χ1n) is 7.36. The van der Waals surface area contributed by atoms with Crippen LogP contribution in [0.3, 0.4) is 0 Å². The lowest BCUT2D eigenvalue weighted by molar-refractivity contribution is 0.202. The Morgan fingerprint density at radius 1 is 1.00 bits per heavy atom. The lowest BCUT2D eigenvalue weighted by Crippen LogP contribution is -2.44. The molecule has 1 atom stereocenters. The SMILES string of the molecule is COc1ccc(S(=O)(=O)N2CC[C@@H]2c2ccccc2)cc1OC. The molecular formula is C17H19NO4S. The Labute approximate surface area is 136 Å². The van der Waals surface area contributed by atoms with Gasteiger partial charge in [0.15, 0.2) is 11.5 Å². The fourth-order valence-corrected chi connectivity index (χ4v) is 4.45. The van der Waals surface area contributed by atoms with Gasteiger partial charge in [0.05, 0.1) is 25.2 Å². The summed E-state index contributed by atoms with van der Waals surface area (Å²) < 4.78 is 37.7. The molecule has 5 nitrogen and oxygen atoms in total. The average Bonchev–Trinajstić information content (AvgIpc) is 2.53. The lowest BCUT2D eigenvalue weighted by Gasteiger charge is -2.40. The Bertz CT molecular complexity index is 789. The molecule has 1 aliphatic rings. The van der Waals surface area contributed by atoms with Crippen molar-refractivity contribution < 1.29 is 17.9 Å². The maximum Gasteiger partial charge on any atom is 0.243 e. The van der Waals surface area contributed by atoms with Crippen LogP contribution < -0.4 is 9.47 Å². The Morgan fingerprint density at radius 3 is 2.26 bits per heavy atom. The third-order valence-electron chi connectivity index (χ3n) is 4.12. The number of hydrogen-bond donors (Lipinski definition) is 0. The van der Waals surface area contributed by atoms with Gasteiger partial charge in [-0.25, -0.2) is 8.42 Å². The van der Waals surface area contributed by atoms with E-state index in [1.165, 1.54) is 24.6 Å². The van der Waals surface area contributed by atoms with E-state index in [4.69, 9.17) is 9.47 Å². The summed E-state index contributed by atoms with van der Waals surface area (Å²) in [6.45, 7) is 0.524. The summed E-state index contributed by atoms with van der Waals surface area (Å²) in [6, 6.07) is 14.3. The number of ether oxygens (including phenoxy) is 2. The molecule has 23 heavy (non-hydrogen) atoms. The minimum Gasteiger partial charge on any atom is -0.493 e. The normalized spacial score (nSPS) is 18.3. The molecule has 2 aromatic carbocycles. The first-order chi connectivity index (χ1) is 11.1. The van der Waals surface area contributed by atoms with Gasteiger partial charge in [0.1, 0.15) is 0 Å². The van der Waals surface area contributed by atoms with E-state index in [-0.39, 0.29) is 10.9 Å².